The number of halogens is 1. The molecule has 0 bridgehead atoms. The SMILES string of the molecule is COc1c(C)cnc(CN2C(=O)C(=Cc3[nH]c(C)c(C(=O)NCCN4CCCC4)c3C)c3c(Cl)nc(N)nc32)c1C. The number of hydrogen-bond donors (Lipinski definition) is 3. The van der Waals surface area contributed by atoms with Crippen molar-refractivity contribution in [2.75, 3.05) is 43.9 Å². The monoisotopic (exact) mass is 578 g/mol. The van der Waals surface area contributed by atoms with Crippen molar-refractivity contribution < 1.29 is 14.3 Å². The smallest absolute Gasteiger partial charge is 0.260 e. The molecule has 216 valence electrons. The molecule has 41 heavy (non-hydrogen) atoms. The molecule has 0 spiro atoms. The number of pyridine rings is 1. The number of ether oxygens (including phenoxy) is 1. The summed E-state index contributed by atoms with van der Waals surface area (Å²) in [6.45, 7) is 11.2. The number of nitrogens with zero attached hydrogens (tertiary/aromatic N) is 5. The van der Waals surface area contributed by atoms with Crippen LogP contribution in [0, 0.1) is 27.7 Å². The van der Waals surface area contributed by atoms with Gasteiger partial charge in [0.25, 0.3) is 11.8 Å². The number of amides is 2. The van der Waals surface area contributed by atoms with Crippen LogP contribution in [-0.2, 0) is 11.3 Å². The van der Waals surface area contributed by atoms with Crippen LogP contribution in [0.15, 0.2) is 6.20 Å². The summed E-state index contributed by atoms with van der Waals surface area (Å²) >= 11 is 6.54. The van der Waals surface area contributed by atoms with E-state index in [1.165, 1.54) is 17.7 Å². The normalized spacial score (nSPS) is 16.1. The number of carbonyl (C=O) groups is 2. The maximum absolute atomic E-state index is 13.9. The summed E-state index contributed by atoms with van der Waals surface area (Å²) in [4.78, 5) is 47.2. The van der Waals surface area contributed by atoms with Gasteiger partial charge in [-0.05, 0) is 65.3 Å². The molecule has 2 aliphatic heterocycles. The molecular weight excluding hydrogens is 544 g/mol. The molecule has 0 aromatic carbocycles. The lowest BCUT2D eigenvalue weighted by molar-refractivity contribution is -0.113. The average molecular weight is 579 g/mol. The van der Waals surface area contributed by atoms with Crippen molar-refractivity contribution in [3.8, 4) is 5.75 Å². The van der Waals surface area contributed by atoms with Crippen molar-refractivity contribution in [3.63, 3.8) is 0 Å². The minimum Gasteiger partial charge on any atom is -0.496 e. The number of aromatic nitrogens is 4. The highest BCUT2D eigenvalue weighted by molar-refractivity contribution is 6.41. The number of H-pyrrole nitrogens is 1. The summed E-state index contributed by atoms with van der Waals surface area (Å²) in [5, 5.41) is 3.11. The van der Waals surface area contributed by atoms with E-state index in [2.05, 4.69) is 30.2 Å². The van der Waals surface area contributed by atoms with Crippen LogP contribution in [0.1, 0.15) is 62.5 Å². The van der Waals surface area contributed by atoms with Crippen LogP contribution in [0.4, 0.5) is 11.8 Å². The van der Waals surface area contributed by atoms with Crippen LogP contribution in [0.25, 0.3) is 11.6 Å². The standard InChI is InChI=1S/C29H35ClN8O3/c1-15-13-33-21(17(3)24(15)41-5)14-38-26-23(25(30)35-29(31)36-26)19(28(38)40)12-20-16(2)22(18(4)34-20)27(39)32-8-11-37-9-6-7-10-37/h12-13,34H,6-11,14H2,1-5H3,(H,32,39)(H2,31,35,36). The molecule has 12 heteroatoms. The van der Waals surface area contributed by atoms with E-state index in [4.69, 9.17) is 22.1 Å². The zero-order chi connectivity index (χ0) is 29.4. The Morgan fingerprint density at radius 1 is 1.20 bits per heavy atom. The molecule has 5 rings (SSSR count). The van der Waals surface area contributed by atoms with E-state index in [0.29, 0.717) is 51.9 Å². The molecule has 3 aromatic rings. The summed E-state index contributed by atoms with van der Waals surface area (Å²) in [5.74, 6) is 0.496. The highest BCUT2D eigenvalue weighted by atomic mass is 35.5. The van der Waals surface area contributed by atoms with Crippen molar-refractivity contribution in [2.24, 2.45) is 0 Å². The zero-order valence-corrected chi connectivity index (χ0v) is 24.8. The Hall–Kier alpha value is -3.96. The summed E-state index contributed by atoms with van der Waals surface area (Å²) in [6, 6.07) is 0. The second-order valence-corrected chi connectivity index (χ2v) is 10.9. The molecule has 4 N–H and O–H groups in total. The van der Waals surface area contributed by atoms with Crippen LogP contribution < -0.4 is 20.7 Å². The first-order valence-corrected chi connectivity index (χ1v) is 14.0. The predicted molar refractivity (Wildman–Crippen MR) is 159 cm³/mol. The molecule has 2 aliphatic rings. The number of rotatable bonds is 8. The van der Waals surface area contributed by atoms with Gasteiger partial charge >= 0.3 is 0 Å². The lowest BCUT2D eigenvalue weighted by Crippen LogP contribution is -2.33. The molecule has 0 saturated carbocycles. The van der Waals surface area contributed by atoms with Crippen molar-refractivity contribution in [1.29, 1.82) is 0 Å². The van der Waals surface area contributed by atoms with Gasteiger partial charge < -0.3 is 25.7 Å². The number of aromatic amines is 1. The minimum atomic E-state index is -0.328. The van der Waals surface area contributed by atoms with Gasteiger partial charge in [0.2, 0.25) is 5.95 Å². The van der Waals surface area contributed by atoms with E-state index in [-0.39, 0.29) is 29.5 Å². The van der Waals surface area contributed by atoms with Gasteiger partial charge in [0.1, 0.15) is 10.9 Å². The summed E-state index contributed by atoms with van der Waals surface area (Å²) in [5.41, 5.74) is 11.6. The Bertz CT molecular complexity index is 1560. The molecule has 11 nitrogen and oxygen atoms in total. The summed E-state index contributed by atoms with van der Waals surface area (Å²) in [7, 11) is 1.60. The van der Waals surface area contributed by atoms with E-state index in [1.54, 1.807) is 19.4 Å². The first-order chi connectivity index (χ1) is 19.6. The van der Waals surface area contributed by atoms with Gasteiger partial charge in [0.05, 0.1) is 36.0 Å². The second-order valence-electron chi connectivity index (χ2n) is 10.5. The highest BCUT2D eigenvalue weighted by Crippen LogP contribution is 2.42. The Morgan fingerprint density at radius 2 is 1.93 bits per heavy atom. The fourth-order valence-corrected chi connectivity index (χ4v) is 5.97. The van der Waals surface area contributed by atoms with Crippen LogP contribution in [0.3, 0.4) is 0 Å². The molecule has 5 heterocycles. The van der Waals surface area contributed by atoms with Gasteiger partial charge in [-0.15, -0.1) is 0 Å². The maximum atomic E-state index is 13.9. The predicted octanol–water partition coefficient (Wildman–Crippen LogP) is 3.59. The van der Waals surface area contributed by atoms with Gasteiger partial charge in [-0.3, -0.25) is 19.5 Å². The fourth-order valence-electron chi connectivity index (χ4n) is 5.70. The number of anilines is 2. The number of fused-ring (bicyclic) bond motifs is 1. The summed E-state index contributed by atoms with van der Waals surface area (Å²) < 4.78 is 5.55. The Kier molecular flexibility index (Phi) is 8.01. The third-order valence-corrected chi connectivity index (χ3v) is 8.10. The van der Waals surface area contributed by atoms with Crippen molar-refractivity contribution >= 4 is 46.8 Å². The number of nitrogens with one attached hydrogen (secondary N) is 2. The van der Waals surface area contributed by atoms with E-state index < -0.39 is 0 Å². The highest BCUT2D eigenvalue weighted by Gasteiger charge is 2.38. The molecule has 1 fully saturated rings. The second kappa shape index (κ2) is 11.5. The van der Waals surface area contributed by atoms with Gasteiger partial charge in [0.15, 0.2) is 5.82 Å². The molecule has 0 aliphatic carbocycles. The maximum Gasteiger partial charge on any atom is 0.260 e. The largest absolute Gasteiger partial charge is 0.496 e. The molecular formula is C29H35ClN8O3. The number of methoxy groups -OCH3 is 1. The van der Waals surface area contributed by atoms with Crippen LogP contribution in [0.2, 0.25) is 5.15 Å². The Morgan fingerprint density at radius 3 is 2.63 bits per heavy atom. The number of hydrogen-bond acceptors (Lipinski definition) is 8. The third kappa shape index (κ3) is 5.39. The van der Waals surface area contributed by atoms with Gasteiger partial charge in [-0.2, -0.15) is 4.98 Å². The minimum absolute atomic E-state index is 0.0428. The van der Waals surface area contributed by atoms with Gasteiger partial charge in [0, 0.05) is 41.8 Å². The zero-order valence-electron chi connectivity index (χ0n) is 24.0. The summed E-state index contributed by atoms with van der Waals surface area (Å²) in [6.07, 6.45) is 5.83. The lowest BCUT2D eigenvalue weighted by atomic mass is 10.1. The number of likely N-dealkylation sites (tertiary alicyclic amines) is 1. The van der Waals surface area contributed by atoms with Crippen LogP contribution in [-0.4, -0.2) is 69.9 Å². The first-order valence-electron chi connectivity index (χ1n) is 13.7. The quantitative estimate of drug-likeness (QED) is 0.272. The average Bonchev–Trinajstić information content (AvgIpc) is 3.60. The first kappa shape index (κ1) is 28.6. The van der Waals surface area contributed by atoms with Crippen molar-refractivity contribution in [3.05, 3.63) is 56.2 Å². The molecule has 1 saturated heterocycles. The number of nitrogens with two attached hydrogens (primary N) is 1. The Balaban J connectivity index is 1.47. The number of aryl methyl sites for hydroxylation is 2. The number of carbonyl (C=O) groups excluding carboxylic acids is 2. The topological polar surface area (TPSA) is 142 Å². The molecule has 0 radical (unpaired) electrons. The van der Waals surface area contributed by atoms with Crippen LogP contribution in [0.5, 0.6) is 5.75 Å². The van der Waals surface area contributed by atoms with E-state index >= 15 is 0 Å². The molecule has 3 aromatic heterocycles. The third-order valence-electron chi connectivity index (χ3n) is 7.83. The van der Waals surface area contributed by atoms with Crippen LogP contribution >= 0.6 is 11.6 Å². The Labute approximate surface area is 244 Å². The van der Waals surface area contributed by atoms with Crippen molar-refractivity contribution in [1.82, 2.24) is 30.2 Å². The lowest BCUT2D eigenvalue weighted by Gasteiger charge is -2.19. The van der Waals surface area contributed by atoms with Crippen molar-refractivity contribution in [2.45, 2.75) is 47.1 Å². The molecule has 0 atom stereocenters. The molecule has 2 amide bonds. The fraction of sp³-hybridized carbons (Fsp3) is 0.414. The van der Waals surface area contributed by atoms with E-state index in [9.17, 15) is 9.59 Å². The van der Waals surface area contributed by atoms with Gasteiger partial charge in [-0.25, -0.2) is 4.98 Å². The molecule has 0 unspecified atom stereocenters. The van der Waals surface area contributed by atoms with E-state index in [0.717, 1.165) is 36.3 Å². The van der Waals surface area contributed by atoms with Gasteiger partial charge in [-0.1, -0.05) is 11.6 Å². The van der Waals surface area contributed by atoms with E-state index in [1.807, 2.05) is 27.7 Å². The number of nitrogen functional groups attached to an aromatic ring is 1.